The Morgan fingerprint density at radius 1 is 1.05 bits per heavy atom. The van der Waals surface area contributed by atoms with Crippen LogP contribution in [0.3, 0.4) is 0 Å². The molecule has 0 aliphatic carbocycles. The van der Waals surface area contributed by atoms with E-state index in [2.05, 4.69) is 10.1 Å². The summed E-state index contributed by atoms with van der Waals surface area (Å²) in [5.74, 6) is -2.50. The molecule has 0 bridgehead atoms. The number of methoxy groups -OCH3 is 1. The van der Waals surface area contributed by atoms with Crippen molar-refractivity contribution in [3.8, 4) is 11.5 Å². The number of halogens is 2. The van der Waals surface area contributed by atoms with E-state index in [9.17, 15) is 27.6 Å². The molecule has 0 atom stereocenters. The van der Waals surface area contributed by atoms with Gasteiger partial charge in [-0.2, -0.15) is 8.42 Å². The van der Waals surface area contributed by atoms with Crippen molar-refractivity contribution < 1.29 is 41.3 Å². The van der Waals surface area contributed by atoms with Crippen LogP contribution in [0.4, 0.5) is 10.5 Å². The predicted molar refractivity (Wildman–Crippen MR) is 156 cm³/mol. The maximum Gasteiger partial charge on any atom is 0.339 e. The molecule has 1 heterocycles. The van der Waals surface area contributed by atoms with Crippen molar-refractivity contribution in [1.29, 1.82) is 0 Å². The van der Waals surface area contributed by atoms with E-state index in [4.69, 9.17) is 20.5 Å². The van der Waals surface area contributed by atoms with Gasteiger partial charge in [0.15, 0.2) is 11.5 Å². The second-order valence-electron chi connectivity index (χ2n) is 8.25. The predicted octanol–water partition coefficient (Wildman–Crippen LogP) is 4.56. The fourth-order valence-corrected chi connectivity index (χ4v) is 5.67. The molecule has 11 nitrogen and oxygen atoms in total. The zero-order chi connectivity index (χ0) is 29.9. The van der Waals surface area contributed by atoms with Crippen molar-refractivity contribution in [2.45, 2.75) is 11.8 Å². The van der Waals surface area contributed by atoms with Gasteiger partial charge in [0, 0.05) is 5.02 Å². The van der Waals surface area contributed by atoms with Gasteiger partial charge in [0.2, 0.25) is 0 Å². The number of benzene rings is 3. The van der Waals surface area contributed by atoms with Crippen LogP contribution in [-0.2, 0) is 24.4 Å². The minimum Gasteiger partial charge on any atom is -0.490 e. The summed E-state index contributed by atoms with van der Waals surface area (Å²) in [7, 11) is -3.04. The molecule has 0 radical (unpaired) electrons. The average molecular weight is 711 g/mol. The van der Waals surface area contributed by atoms with Gasteiger partial charge >= 0.3 is 22.1 Å². The van der Waals surface area contributed by atoms with Crippen LogP contribution in [0.2, 0.25) is 5.02 Å². The molecule has 1 N–H and O–H groups in total. The Kier molecular flexibility index (Phi) is 8.99. The number of amides is 4. The molecular formula is C27H20ClIN2O9S. The fourth-order valence-electron chi connectivity index (χ4n) is 3.70. The minimum atomic E-state index is -4.26. The number of hydrogen-bond acceptors (Lipinski definition) is 9. The highest BCUT2D eigenvalue weighted by molar-refractivity contribution is 14.1. The zero-order valence-electron chi connectivity index (χ0n) is 21.3. The van der Waals surface area contributed by atoms with E-state index in [0.717, 1.165) is 4.90 Å². The van der Waals surface area contributed by atoms with Gasteiger partial charge in [0.1, 0.15) is 10.5 Å². The van der Waals surface area contributed by atoms with Gasteiger partial charge in [-0.1, -0.05) is 11.6 Å². The molecule has 41 heavy (non-hydrogen) atoms. The number of nitrogens with one attached hydrogen (secondary N) is 1. The van der Waals surface area contributed by atoms with E-state index in [1.165, 1.54) is 73.8 Å². The lowest BCUT2D eigenvalue weighted by molar-refractivity contribution is -0.122. The number of hydrogen-bond donors (Lipinski definition) is 1. The largest absolute Gasteiger partial charge is 0.490 e. The van der Waals surface area contributed by atoms with Crippen LogP contribution in [0.5, 0.6) is 11.5 Å². The summed E-state index contributed by atoms with van der Waals surface area (Å²) in [5, 5.41) is 2.47. The summed E-state index contributed by atoms with van der Waals surface area (Å²) in [6.45, 7) is 1.83. The van der Waals surface area contributed by atoms with Crippen molar-refractivity contribution >= 4 is 79.9 Å². The van der Waals surface area contributed by atoms with Crippen molar-refractivity contribution in [1.82, 2.24) is 5.32 Å². The first-order valence-corrected chi connectivity index (χ1v) is 14.6. The number of rotatable bonds is 8. The molecule has 4 amide bonds. The molecule has 3 aromatic carbocycles. The second-order valence-corrected chi connectivity index (χ2v) is 11.4. The number of urea groups is 1. The summed E-state index contributed by atoms with van der Waals surface area (Å²) in [6.07, 6.45) is 1.24. The number of anilines is 1. The summed E-state index contributed by atoms with van der Waals surface area (Å²) in [5.41, 5.74) is 0.232. The number of esters is 1. The maximum atomic E-state index is 13.3. The molecule has 1 saturated heterocycles. The van der Waals surface area contributed by atoms with Crippen LogP contribution in [0.15, 0.2) is 71.1 Å². The summed E-state index contributed by atoms with van der Waals surface area (Å²) < 4.78 is 41.7. The molecule has 1 fully saturated rings. The number of barbiturate groups is 1. The highest BCUT2D eigenvalue weighted by Gasteiger charge is 2.37. The lowest BCUT2D eigenvalue weighted by atomic mass is 10.1. The van der Waals surface area contributed by atoms with E-state index >= 15 is 0 Å². The molecule has 3 aromatic rings. The zero-order valence-corrected chi connectivity index (χ0v) is 25.1. The summed E-state index contributed by atoms with van der Waals surface area (Å²) in [6, 6.07) is 12.8. The Balaban J connectivity index is 1.69. The molecule has 1 aliphatic heterocycles. The average Bonchev–Trinajstić information content (AvgIpc) is 2.93. The molecule has 1 aliphatic rings. The number of ether oxygens (including phenoxy) is 2. The Morgan fingerprint density at radius 2 is 1.71 bits per heavy atom. The normalized spacial score (nSPS) is 14.6. The van der Waals surface area contributed by atoms with Gasteiger partial charge in [-0.25, -0.2) is 14.5 Å². The van der Waals surface area contributed by atoms with Crippen molar-refractivity contribution in [3.63, 3.8) is 0 Å². The van der Waals surface area contributed by atoms with E-state index in [-0.39, 0.29) is 39.8 Å². The van der Waals surface area contributed by atoms with E-state index in [1.54, 1.807) is 6.92 Å². The van der Waals surface area contributed by atoms with Gasteiger partial charge in [0.05, 0.1) is 28.5 Å². The number of carbonyl (C=O) groups is 4. The van der Waals surface area contributed by atoms with Crippen LogP contribution in [-0.4, -0.2) is 45.9 Å². The first-order valence-electron chi connectivity index (χ1n) is 11.7. The molecule has 4 rings (SSSR count). The van der Waals surface area contributed by atoms with Gasteiger partial charge < -0.3 is 13.7 Å². The van der Waals surface area contributed by atoms with Crippen LogP contribution >= 0.6 is 34.2 Å². The van der Waals surface area contributed by atoms with Crippen LogP contribution in [0.25, 0.3) is 6.08 Å². The van der Waals surface area contributed by atoms with E-state index in [0.29, 0.717) is 14.2 Å². The third-order valence-corrected chi connectivity index (χ3v) is 7.88. The molecule has 0 unspecified atom stereocenters. The first-order chi connectivity index (χ1) is 19.4. The number of nitrogens with zero attached hydrogens (tertiary/aromatic N) is 1. The van der Waals surface area contributed by atoms with Gasteiger partial charge in [-0.05, 0) is 102 Å². The third kappa shape index (κ3) is 6.52. The quantitative estimate of drug-likeness (QED) is 0.117. The summed E-state index contributed by atoms with van der Waals surface area (Å²) >= 11 is 7.69. The standard InChI is InChI=1S/C27H20ClIN2O9S/c1-3-39-22-14-15(13-21(29)23(22)40-41(36,37)19-10-6-17(28)7-11-19)12-20-24(32)30-27(35)31(25(20)33)18-8-4-16(5-9-18)26(34)38-2/h4-14H,3H2,1-2H3,(H,30,32,35)/b20-12+. The third-order valence-electron chi connectivity index (χ3n) is 5.59. The molecular weight excluding hydrogens is 691 g/mol. The fraction of sp³-hybridized carbons (Fsp3) is 0.111. The molecule has 0 spiro atoms. The highest BCUT2D eigenvalue weighted by Crippen LogP contribution is 2.37. The lowest BCUT2D eigenvalue weighted by Gasteiger charge is -2.26. The van der Waals surface area contributed by atoms with Crippen LogP contribution in [0, 0.1) is 3.57 Å². The second kappa shape index (κ2) is 12.3. The Labute approximate surface area is 253 Å². The molecule has 0 saturated carbocycles. The lowest BCUT2D eigenvalue weighted by Crippen LogP contribution is -2.54. The highest BCUT2D eigenvalue weighted by atomic mass is 127. The Hall–Kier alpha value is -3.95. The smallest absolute Gasteiger partial charge is 0.339 e. The van der Waals surface area contributed by atoms with Crippen molar-refractivity contribution in [2.75, 3.05) is 18.6 Å². The van der Waals surface area contributed by atoms with Gasteiger partial charge in [-0.15, -0.1) is 0 Å². The van der Waals surface area contributed by atoms with Gasteiger partial charge in [0.25, 0.3) is 11.8 Å². The monoisotopic (exact) mass is 710 g/mol. The summed E-state index contributed by atoms with van der Waals surface area (Å²) in [4.78, 5) is 50.8. The SMILES string of the molecule is CCOc1cc(/C=C2\C(=O)NC(=O)N(c3ccc(C(=O)OC)cc3)C2=O)cc(I)c1OS(=O)(=O)c1ccc(Cl)cc1. The Bertz CT molecular complexity index is 1690. The van der Waals surface area contributed by atoms with Crippen molar-refractivity contribution in [2.24, 2.45) is 0 Å². The van der Waals surface area contributed by atoms with E-state index in [1.807, 2.05) is 22.6 Å². The molecule has 14 heteroatoms. The van der Waals surface area contributed by atoms with Gasteiger partial charge in [-0.3, -0.25) is 14.9 Å². The molecule has 212 valence electrons. The van der Waals surface area contributed by atoms with E-state index < -0.39 is 33.9 Å². The Morgan fingerprint density at radius 3 is 2.32 bits per heavy atom. The van der Waals surface area contributed by atoms with Crippen LogP contribution < -0.4 is 19.1 Å². The van der Waals surface area contributed by atoms with Crippen molar-refractivity contribution in [3.05, 3.63) is 86.0 Å². The maximum absolute atomic E-state index is 13.3. The first kappa shape index (κ1) is 30.0. The number of imide groups is 2. The van der Waals surface area contributed by atoms with Crippen LogP contribution in [0.1, 0.15) is 22.8 Å². The number of carbonyl (C=O) groups excluding carboxylic acids is 4. The molecule has 0 aromatic heterocycles. The topological polar surface area (TPSA) is 145 Å². The minimum absolute atomic E-state index is 0.0405.